The summed E-state index contributed by atoms with van der Waals surface area (Å²) in [7, 11) is 3.85. The summed E-state index contributed by atoms with van der Waals surface area (Å²) < 4.78 is 0. The van der Waals surface area contributed by atoms with Crippen LogP contribution < -0.4 is 4.90 Å². The molecule has 7 heteroatoms. The molecule has 0 N–H and O–H groups in total. The Bertz CT molecular complexity index is 1070. The van der Waals surface area contributed by atoms with Crippen LogP contribution in [-0.2, 0) is 12.2 Å². The van der Waals surface area contributed by atoms with Gasteiger partial charge in [-0.1, -0.05) is 65.8 Å². The molecule has 0 spiro atoms. The van der Waals surface area contributed by atoms with Crippen LogP contribution in [0.3, 0.4) is 0 Å². The molecule has 2 aromatic carbocycles. The molecule has 0 atom stereocenters. The maximum atomic E-state index is 13.0. The van der Waals surface area contributed by atoms with E-state index in [9.17, 15) is 4.79 Å². The molecule has 0 unspecified atom stereocenters. The van der Waals surface area contributed by atoms with E-state index in [1.807, 2.05) is 48.2 Å². The van der Waals surface area contributed by atoms with Crippen molar-refractivity contribution in [1.29, 1.82) is 0 Å². The maximum absolute atomic E-state index is 13.0. The van der Waals surface area contributed by atoms with Crippen LogP contribution in [0.25, 0.3) is 0 Å². The zero-order valence-corrected chi connectivity index (χ0v) is 20.6. The number of likely N-dealkylation sites (tertiary alicyclic amines) is 1. The minimum absolute atomic E-state index is 0.126. The Morgan fingerprint density at radius 1 is 1.03 bits per heavy atom. The van der Waals surface area contributed by atoms with E-state index < -0.39 is 0 Å². The van der Waals surface area contributed by atoms with Crippen molar-refractivity contribution in [2.75, 3.05) is 32.1 Å². The summed E-state index contributed by atoms with van der Waals surface area (Å²) >= 11 is 7.66. The SMILES string of the molecule is CN(C)c1cc(Cl)nc(SCc2ccc(C(=O)N3CCC(Cc4ccccc4)CC3)cc2)n1. The monoisotopic (exact) mass is 480 g/mol. The average molecular weight is 481 g/mol. The number of carbonyl (C=O) groups excluding carboxylic acids is 1. The summed E-state index contributed by atoms with van der Waals surface area (Å²) in [6.45, 7) is 1.66. The molecule has 0 saturated carbocycles. The van der Waals surface area contributed by atoms with Gasteiger partial charge in [0.2, 0.25) is 0 Å². The Morgan fingerprint density at radius 2 is 1.73 bits per heavy atom. The summed E-state index contributed by atoms with van der Waals surface area (Å²) in [5.74, 6) is 2.27. The van der Waals surface area contributed by atoms with Crippen LogP contribution in [-0.4, -0.2) is 48.0 Å². The molecule has 0 radical (unpaired) electrons. The molecular weight excluding hydrogens is 452 g/mol. The van der Waals surface area contributed by atoms with Gasteiger partial charge in [-0.3, -0.25) is 4.79 Å². The molecule has 1 amide bonds. The molecule has 1 aliphatic heterocycles. The molecule has 5 nitrogen and oxygen atoms in total. The number of carbonyl (C=O) groups is 1. The van der Waals surface area contributed by atoms with Gasteiger partial charge in [0, 0.05) is 44.6 Å². The lowest BCUT2D eigenvalue weighted by Crippen LogP contribution is -2.38. The van der Waals surface area contributed by atoms with E-state index in [4.69, 9.17) is 11.6 Å². The average Bonchev–Trinajstić information content (AvgIpc) is 2.83. The highest BCUT2D eigenvalue weighted by molar-refractivity contribution is 7.98. The lowest BCUT2D eigenvalue weighted by molar-refractivity contribution is 0.0690. The first-order valence-corrected chi connectivity index (χ1v) is 12.6. The standard InChI is InChI=1S/C26H29ClN4OS/c1-30(2)24-17-23(27)28-26(29-24)33-18-21-8-10-22(11-9-21)25(32)31-14-12-20(13-15-31)16-19-6-4-3-5-7-19/h3-11,17,20H,12-16,18H2,1-2H3. The van der Waals surface area contributed by atoms with Crippen molar-refractivity contribution in [2.45, 2.75) is 30.2 Å². The Morgan fingerprint density at radius 3 is 2.39 bits per heavy atom. The second-order valence-corrected chi connectivity index (χ2v) is 9.97. The van der Waals surface area contributed by atoms with Crippen molar-refractivity contribution in [3.05, 3.63) is 82.5 Å². The number of thioether (sulfide) groups is 1. The minimum atomic E-state index is 0.126. The topological polar surface area (TPSA) is 49.3 Å². The van der Waals surface area contributed by atoms with Crippen molar-refractivity contribution in [3.63, 3.8) is 0 Å². The van der Waals surface area contributed by atoms with E-state index in [-0.39, 0.29) is 5.91 Å². The highest BCUT2D eigenvalue weighted by atomic mass is 35.5. The van der Waals surface area contributed by atoms with E-state index in [2.05, 4.69) is 40.3 Å². The first kappa shape index (κ1) is 23.6. The lowest BCUT2D eigenvalue weighted by Gasteiger charge is -2.32. The van der Waals surface area contributed by atoms with Crippen LogP contribution in [0.1, 0.15) is 34.3 Å². The molecule has 0 aliphatic carbocycles. The van der Waals surface area contributed by atoms with Crippen molar-refractivity contribution in [2.24, 2.45) is 5.92 Å². The fourth-order valence-corrected chi connectivity index (χ4v) is 5.08. The number of halogens is 1. The molecule has 172 valence electrons. The van der Waals surface area contributed by atoms with E-state index in [0.29, 0.717) is 22.0 Å². The van der Waals surface area contributed by atoms with Gasteiger partial charge < -0.3 is 9.80 Å². The number of amides is 1. The Labute approximate surface area is 205 Å². The first-order valence-electron chi connectivity index (χ1n) is 11.2. The van der Waals surface area contributed by atoms with Gasteiger partial charge in [-0.15, -0.1) is 0 Å². The van der Waals surface area contributed by atoms with Crippen LogP contribution in [0, 0.1) is 5.92 Å². The van der Waals surface area contributed by atoms with Crippen molar-refractivity contribution in [3.8, 4) is 0 Å². The number of benzene rings is 2. The zero-order chi connectivity index (χ0) is 23.2. The Balaban J connectivity index is 1.29. The number of hydrogen-bond acceptors (Lipinski definition) is 5. The van der Waals surface area contributed by atoms with Crippen LogP contribution in [0.2, 0.25) is 5.15 Å². The van der Waals surface area contributed by atoms with Crippen LogP contribution >= 0.6 is 23.4 Å². The third kappa shape index (κ3) is 6.49. The van der Waals surface area contributed by atoms with Crippen molar-refractivity contribution in [1.82, 2.24) is 14.9 Å². The summed E-state index contributed by atoms with van der Waals surface area (Å²) in [4.78, 5) is 25.7. The normalized spacial score (nSPS) is 14.3. The Kier molecular flexibility index (Phi) is 7.89. The second-order valence-electron chi connectivity index (χ2n) is 8.64. The van der Waals surface area contributed by atoms with Crippen LogP contribution in [0.4, 0.5) is 5.82 Å². The van der Waals surface area contributed by atoms with Gasteiger partial charge in [0.15, 0.2) is 5.16 Å². The fraction of sp³-hybridized carbons (Fsp3) is 0.346. The van der Waals surface area contributed by atoms with Gasteiger partial charge in [-0.05, 0) is 48.4 Å². The number of hydrogen-bond donors (Lipinski definition) is 0. The molecule has 1 fully saturated rings. The summed E-state index contributed by atoms with van der Waals surface area (Å²) in [5.41, 5.74) is 3.25. The number of nitrogens with zero attached hydrogens (tertiary/aromatic N) is 4. The zero-order valence-electron chi connectivity index (χ0n) is 19.1. The molecule has 1 aromatic heterocycles. The van der Waals surface area contributed by atoms with Gasteiger partial charge >= 0.3 is 0 Å². The maximum Gasteiger partial charge on any atom is 0.253 e. The van der Waals surface area contributed by atoms with Crippen molar-refractivity contribution < 1.29 is 4.79 Å². The molecular formula is C26H29ClN4OS. The summed E-state index contributed by atoms with van der Waals surface area (Å²) in [6.07, 6.45) is 3.22. The fourth-order valence-electron chi connectivity index (χ4n) is 4.04. The number of rotatable bonds is 7. The smallest absolute Gasteiger partial charge is 0.253 e. The van der Waals surface area contributed by atoms with E-state index in [1.165, 1.54) is 17.3 Å². The molecule has 0 bridgehead atoms. The predicted octanol–water partition coefficient (Wildman–Crippen LogP) is 5.58. The molecule has 1 aliphatic rings. The summed E-state index contributed by atoms with van der Waals surface area (Å²) in [6, 6.07) is 20.3. The van der Waals surface area contributed by atoms with Gasteiger partial charge in [0.05, 0.1) is 0 Å². The molecule has 3 aromatic rings. The molecule has 1 saturated heterocycles. The van der Waals surface area contributed by atoms with Crippen LogP contribution in [0.15, 0.2) is 65.8 Å². The first-order chi connectivity index (χ1) is 16.0. The number of aromatic nitrogens is 2. The van der Waals surface area contributed by atoms with Gasteiger partial charge in [0.25, 0.3) is 5.91 Å². The molecule has 33 heavy (non-hydrogen) atoms. The van der Waals surface area contributed by atoms with E-state index in [1.54, 1.807) is 6.07 Å². The highest BCUT2D eigenvalue weighted by Gasteiger charge is 2.23. The minimum Gasteiger partial charge on any atom is -0.363 e. The molecule has 4 rings (SSSR count). The summed E-state index contributed by atoms with van der Waals surface area (Å²) in [5, 5.41) is 1.08. The predicted molar refractivity (Wildman–Crippen MR) is 136 cm³/mol. The van der Waals surface area contributed by atoms with Gasteiger partial charge in [-0.25, -0.2) is 9.97 Å². The molecule has 2 heterocycles. The Hall–Kier alpha value is -2.57. The van der Waals surface area contributed by atoms with E-state index in [0.717, 1.165) is 49.3 Å². The van der Waals surface area contributed by atoms with Crippen LogP contribution in [0.5, 0.6) is 0 Å². The lowest BCUT2D eigenvalue weighted by atomic mass is 9.90. The second kappa shape index (κ2) is 11.0. The number of piperidine rings is 1. The quantitative estimate of drug-likeness (QED) is 0.251. The van der Waals surface area contributed by atoms with Crippen molar-refractivity contribution >= 4 is 35.1 Å². The third-order valence-electron chi connectivity index (χ3n) is 5.96. The van der Waals surface area contributed by atoms with E-state index >= 15 is 0 Å². The number of anilines is 1. The van der Waals surface area contributed by atoms with Gasteiger partial charge in [0.1, 0.15) is 11.0 Å². The third-order valence-corrected chi connectivity index (χ3v) is 7.07. The largest absolute Gasteiger partial charge is 0.363 e. The van der Waals surface area contributed by atoms with Gasteiger partial charge in [-0.2, -0.15) is 0 Å². The highest BCUT2D eigenvalue weighted by Crippen LogP contribution is 2.25.